The van der Waals surface area contributed by atoms with E-state index in [1.807, 2.05) is 0 Å². The fourth-order valence-electron chi connectivity index (χ4n) is 2.23. The number of halogens is 1. The smallest absolute Gasteiger partial charge is 0.232 e. The third-order valence-corrected chi connectivity index (χ3v) is 3.52. The van der Waals surface area contributed by atoms with E-state index in [1.165, 1.54) is 0 Å². The fourth-order valence-corrected chi connectivity index (χ4v) is 2.50. The van der Waals surface area contributed by atoms with Crippen molar-refractivity contribution < 1.29 is 9.52 Å². The number of aromatic nitrogens is 3. The second-order valence-corrected chi connectivity index (χ2v) is 4.91. The third-order valence-electron chi connectivity index (χ3n) is 3.21. The molecule has 1 N–H and O–H groups in total. The van der Waals surface area contributed by atoms with Gasteiger partial charge < -0.3 is 9.52 Å². The van der Waals surface area contributed by atoms with Crippen LogP contribution in [0.3, 0.4) is 0 Å². The summed E-state index contributed by atoms with van der Waals surface area (Å²) in [4.78, 5) is 12.5. The second kappa shape index (κ2) is 4.43. The zero-order chi connectivity index (χ0) is 14.4. The van der Waals surface area contributed by atoms with Crippen molar-refractivity contribution in [3.05, 3.63) is 47.7 Å². The summed E-state index contributed by atoms with van der Waals surface area (Å²) >= 11 is 6.25. The summed E-state index contributed by atoms with van der Waals surface area (Å²) in [6.45, 7) is 0. The monoisotopic (exact) mass is 297 g/mol. The van der Waals surface area contributed by atoms with Crippen molar-refractivity contribution in [2.45, 2.75) is 0 Å². The molecule has 4 aromatic rings. The van der Waals surface area contributed by atoms with Crippen LogP contribution in [0.1, 0.15) is 0 Å². The van der Waals surface area contributed by atoms with E-state index in [9.17, 15) is 5.11 Å². The van der Waals surface area contributed by atoms with Crippen LogP contribution in [-0.2, 0) is 0 Å². The molecule has 0 bridgehead atoms. The molecule has 0 spiro atoms. The molecule has 6 heteroatoms. The van der Waals surface area contributed by atoms with Crippen LogP contribution in [0.25, 0.3) is 33.6 Å². The predicted molar refractivity (Wildman–Crippen MR) is 79.2 cm³/mol. The van der Waals surface area contributed by atoms with Crippen molar-refractivity contribution in [3.63, 3.8) is 0 Å². The lowest BCUT2D eigenvalue weighted by Gasteiger charge is -2.06. The quantitative estimate of drug-likeness (QED) is 0.578. The normalized spacial score (nSPS) is 11.3. The van der Waals surface area contributed by atoms with Crippen molar-refractivity contribution in [3.8, 4) is 17.2 Å². The van der Waals surface area contributed by atoms with Gasteiger partial charge in [0.15, 0.2) is 17.0 Å². The average Bonchev–Trinajstić information content (AvgIpc) is 2.94. The van der Waals surface area contributed by atoms with E-state index >= 15 is 0 Å². The SMILES string of the molecule is Oc1c(-c2nc3ncccc3o2)cc(Cl)c2cccnc12. The predicted octanol–water partition coefficient (Wildman–Crippen LogP) is 3.80. The average molecular weight is 298 g/mol. The molecule has 0 aliphatic heterocycles. The summed E-state index contributed by atoms with van der Waals surface area (Å²) in [5, 5.41) is 11.6. The first-order valence-electron chi connectivity index (χ1n) is 6.22. The molecule has 5 nitrogen and oxygen atoms in total. The Bertz CT molecular complexity index is 948. The second-order valence-electron chi connectivity index (χ2n) is 4.50. The molecule has 0 aliphatic carbocycles. The van der Waals surface area contributed by atoms with Gasteiger partial charge in [-0.1, -0.05) is 11.6 Å². The van der Waals surface area contributed by atoms with Crippen molar-refractivity contribution in [1.29, 1.82) is 0 Å². The molecular weight excluding hydrogens is 290 g/mol. The van der Waals surface area contributed by atoms with Gasteiger partial charge in [-0.3, -0.25) is 4.98 Å². The van der Waals surface area contributed by atoms with Gasteiger partial charge in [-0.15, -0.1) is 0 Å². The molecule has 0 saturated heterocycles. The number of phenols is 1. The summed E-state index contributed by atoms with van der Waals surface area (Å²) < 4.78 is 5.62. The van der Waals surface area contributed by atoms with E-state index in [4.69, 9.17) is 16.0 Å². The maximum Gasteiger partial charge on any atom is 0.232 e. The minimum atomic E-state index is -0.0124. The highest BCUT2D eigenvalue weighted by Gasteiger charge is 2.17. The first-order chi connectivity index (χ1) is 10.2. The molecule has 3 aromatic heterocycles. The number of hydrogen-bond acceptors (Lipinski definition) is 5. The highest BCUT2D eigenvalue weighted by Crippen LogP contribution is 2.39. The molecular formula is C15H8ClN3O2. The summed E-state index contributed by atoms with van der Waals surface area (Å²) in [5.74, 6) is 0.247. The number of rotatable bonds is 1. The van der Waals surface area contributed by atoms with Crippen molar-refractivity contribution >= 4 is 33.7 Å². The topological polar surface area (TPSA) is 72.0 Å². The first-order valence-corrected chi connectivity index (χ1v) is 6.60. The molecule has 0 fully saturated rings. The number of hydrogen-bond donors (Lipinski definition) is 1. The van der Waals surface area contributed by atoms with Gasteiger partial charge in [-0.25, -0.2) is 4.98 Å². The Morgan fingerprint density at radius 2 is 1.90 bits per heavy atom. The van der Waals surface area contributed by atoms with Crippen LogP contribution in [0.5, 0.6) is 5.75 Å². The molecule has 0 radical (unpaired) electrons. The van der Waals surface area contributed by atoms with Gasteiger partial charge in [0.1, 0.15) is 5.52 Å². The zero-order valence-electron chi connectivity index (χ0n) is 10.6. The fraction of sp³-hybridized carbons (Fsp3) is 0. The molecule has 0 amide bonds. The van der Waals surface area contributed by atoms with Crippen LogP contribution in [-0.4, -0.2) is 20.1 Å². The van der Waals surface area contributed by atoms with Crippen LogP contribution in [0.15, 0.2) is 47.1 Å². The van der Waals surface area contributed by atoms with E-state index in [0.29, 0.717) is 32.7 Å². The van der Waals surface area contributed by atoms with Crippen molar-refractivity contribution in [2.24, 2.45) is 0 Å². The van der Waals surface area contributed by atoms with Gasteiger partial charge in [0.2, 0.25) is 5.89 Å². The standard InChI is InChI=1S/C15H8ClN3O2/c16-10-7-9(13(20)12-8(10)3-1-5-17-12)15-19-14-11(21-15)4-2-6-18-14/h1-7,20H. The molecule has 0 aliphatic rings. The molecule has 4 rings (SSSR count). The molecule has 21 heavy (non-hydrogen) atoms. The number of benzene rings is 1. The molecule has 0 unspecified atom stereocenters. The van der Waals surface area contributed by atoms with Gasteiger partial charge >= 0.3 is 0 Å². The van der Waals surface area contributed by atoms with Gasteiger partial charge in [-0.05, 0) is 30.3 Å². The highest BCUT2D eigenvalue weighted by atomic mass is 35.5. The minimum Gasteiger partial charge on any atom is -0.505 e. The highest BCUT2D eigenvalue weighted by molar-refractivity contribution is 6.36. The van der Waals surface area contributed by atoms with Gasteiger partial charge in [-0.2, -0.15) is 4.98 Å². The zero-order valence-corrected chi connectivity index (χ0v) is 11.4. The van der Waals surface area contributed by atoms with Crippen LogP contribution >= 0.6 is 11.6 Å². The number of aromatic hydroxyl groups is 1. The third kappa shape index (κ3) is 1.82. The Morgan fingerprint density at radius 3 is 2.76 bits per heavy atom. The lowest BCUT2D eigenvalue weighted by atomic mass is 10.1. The number of fused-ring (bicyclic) bond motifs is 2. The Balaban J connectivity index is 2.03. The molecule has 0 atom stereocenters. The number of phenolic OH excluding ortho intramolecular Hbond substituents is 1. The number of nitrogens with zero attached hydrogens (tertiary/aromatic N) is 3. The van der Waals surface area contributed by atoms with E-state index < -0.39 is 0 Å². The lowest BCUT2D eigenvalue weighted by molar-refractivity contribution is 0.479. The summed E-state index contributed by atoms with van der Waals surface area (Å²) in [6.07, 6.45) is 3.22. The molecule has 0 saturated carbocycles. The van der Waals surface area contributed by atoms with Gasteiger partial charge in [0.25, 0.3) is 0 Å². The van der Waals surface area contributed by atoms with Gasteiger partial charge in [0, 0.05) is 17.8 Å². The Hall–Kier alpha value is -2.66. The summed E-state index contributed by atoms with van der Waals surface area (Å²) in [6, 6.07) is 8.69. The lowest BCUT2D eigenvalue weighted by Crippen LogP contribution is -1.86. The Labute approximate surface area is 123 Å². The van der Waals surface area contributed by atoms with E-state index in [0.717, 1.165) is 0 Å². The summed E-state index contributed by atoms with van der Waals surface area (Å²) in [5.41, 5.74) is 1.83. The Kier molecular flexibility index (Phi) is 2.55. The van der Waals surface area contributed by atoms with Crippen LogP contribution in [0, 0.1) is 0 Å². The minimum absolute atomic E-state index is 0.0124. The Morgan fingerprint density at radius 1 is 1.10 bits per heavy atom. The maximum absolute atomic E-state index is 10.4. The first kappa shape index (κ1) is 12.1. The van der Waals surface area contributed by atoms with Crippen LogP contribution in [0.4, 0.5) is 0 Å². The molecule has 102 valence electrons. The number of pyridine rings is 2. The summed E-state index contributed by atoms with van der Waals surface area (Å²) in [7, 11) is 0. The van der Waals surface area contributed by atoms with E-state index in [-0.39, 0.29) is 11.6 Å². The maximum atomic E-state index is 10.4. The van der Waals surface area contributed by atoms with E-state index in [1.54, 1.807) is 42.7 Å². The number of oxazole rings is 1. The van der Waals surface area contributed by atoms with Crippen LogP contribution in [0.2, 0.25) is 5.02 Å². The molecule has 1 aromatic carbocycles. The van der Waals surface area contributed by atoms with Crippen molar-refractivity contribution in [1.82, 2.24) is 15.0 Å². The van der Waals surface area contributed by atoms with Gasteiger partial charge in [0.05, 0.1) is 10.6 Å². The molecule has 3 heterocycles. The van der Waals surface area contributed by atoms with Crippen molar-refractivity contribution in [2.75, 3.05) is 0 Å². The largest absolute Gasteiger partial charge is 0.505 e. The van der Waals surface area contributed by atoms with Crippen LogP contribution < -0.4 is 0 Å². The van der Waals surface area contributed by atoms with E-state index in [2.05, 4.69) is 15.0 Å².